The normalized spacial score (nSPS) is 10.0. The molecule has 126 valence electrons. The first kappa shape index (κ1) is 17.6. The van der Waals surface area contributed by atoms with Gasteiger partial charge in [0.1, 0.15) is 11.5 Å². The van der Waals surface area contributed by atoms with Gasteiger partial charge in [-0.2, -0.15) is 0 Å². The van der Waals surface area contributed by atoms with E-state index in [4.69, 9.17) is 21.1 Å². The van der Waals surface area contributed by atoms with Crippen molar-refractivity contribution in [2.45, 2.75) is 6.92 Å². The van der Waals surface area contributed by atoms with E-state index in [1.165, 1.54) is 21.1 Å². The third kappa shape index (κ3) is 4.17. The van der Waals surface area contributed by atoms with Gasteiger partial charge in [-0.05, 0) is 36.4 Å². The van der Waals surface area contributed by atoms with E-state index in [0.717, 1.165) is 0 Å². The second-order valence-electron chi connectivity index (χ2n) is 4.90. The van der Waals surface area contributed by atoms with Crippen molar-refractivity contribution in [2.24, 2.45) is 0 Å². The van der Waals surface area contributed by atoms with Gasteiger partial charge in [0, 0.05) is 18.2 Å². The van der Waals surface area contributed by atoms with Crippen molar-refractivity contribution in [3.63, 3.8) is 0 Å². The number of carbonyl (C=O) groups excluding carboxylic acids is 2. The number of nitrogens with one attached hydrogen (secondary N) is 2. The lowest BCUT2D eigenvalue weighted by molar-refractivity contribution is -0.114. The van der Waals surface area contributed by atoms with E-state index in [0.29, 0.717) is 33.5 Å². The molecule has 0 saturated heterocycles. The average Bonchev–Trinajstić information content (AvgIpc) is 2.54. The molecule has 24 heavy (non-hydrogen) atoms. The number of rotatable bonds is 5. The van der Waals surface area contributed by atoms with E-state index in [9.17, 15) is 9.59 Å². The summed E-state index contributed by atoms with van der Waals surface area (Å²) in [4.78, 5) is 23.6. The summed E-state index contributed by atoms with van der Waals surface area (Å²) in [7, 11) is 3.00. The summed E-state index contributed by atoms with van der Waals surface area (Å²) in [6, 6.07) is 9.69. The molecule has 0 aliphatic carbocycles. The lowest BCUT2D eigenvalue weighted by Crippen LogP contribution is -2.13. The number of methoxy groups -OCH3 is 2. The molecule has 0 fully saturated rings. The van der Waals surface area contributed by atoms with Gasteiger partial charge >= 0.3 is 0 Å². The van der Waals surface area contributed by atoms with Crippen LogP contribution < -0.4 is 20.1 Å². The highest BCUT2D eigenvalue weighted by atomic mass is 35.5. The third-order valence-corrected chi connectivity index (χ3v) is 3.48. The quantitative estimate of drug-likeness (QED) is 0.866. The molecule has 7 heteroatoms. The number of ether oxygens (including phenoxy) is 2. The van der Waals surface area contributed by atoms with E-state index in [2.05, 4.69) is 10.6 Å². The number of carbonyl (C=O) groups is 2. The van der Waals surface area contributed by atoms with Gasteiger partial charge in [0.25, 0.3) is 5.91 Å². The maximum absolute atomic E-state index is 12.4. The zero-order valence-electron chi connectivity index (χ0n) is 13.5. The van der Waals surface area contributed by atoms with Gasteiger partial charge in [-0.1, -0.05) is 11.6 Å². The summed E-state index contributed by atoms with van der Waals surface area (Å²) >= 11 is 6.04. The Morgan fingerprint density at radius 3 is 2.21 bits per heavy atom. The number of benzene rings is 2. The predicted octanol–water partition coefficient (Wildman–Crippen LogP) is 3.57. The third-order valence-electron chi connectivity index (χ3n) is 3.18. The van der Waals surface area contributed by atoms with E-state index in [1.54, 1.807) is 36.4 Å². The maximum atomic E-state index is 12.4. The fraction of sp³-hybridized carbons (Fsp3) is 0.176. The Hall–Kier alpha value is -2.73. The highest BCUT2D eigenvalue weighted by Gasteiger charge is 2.12. The summed E-state index contributed by atoms with van der Waals surface area (Å²) in [5.74, 6) is 0.389. The van der Waals surface area contributed by atoms with Gasteiger partial charge in [0.15, 0.2) is 0 Å². The molecular weight excluding hydrogens is 332 g/mol. The molecule has 2 aromatic carbocycles. The number of amides is 2. The fourth-order valence-corrected chi connectivity index (χ4v) is 2.34. The Kier molecular flexibility index (Phi) is 5.65. The molecule has 0 aliphatic rings. The Balaban J connectivity index is 2.23. The minimum Gasteiger partial charge on any atom is -0.495 e. The van der Waals surface area contributed by atoms with Crippen molar-refractivity contribution >= 4 is 34.8 Å². The molecule has 2 N–H and O–H groups in total. The highest BCUT2D eigenvalue weighted by molar-refractivity contribution is 6.32. The zero-order chi connectivity index (χ0) is 17.7. The van der Waals surface area contributed by atoms with Crippen molar-refractivity contribution < 1.29 is 19.1 Å². The number of anilines is 2. The van der Waals surface area contributed by atoms with Gasteiger partial charge in [0.2, 0.25) is 5.91 Å². The molecule has 0 aliphatic heterocycles. The second kappa shape index (κ2) is 7.70. The molecule has 0 bridgehead atoms. The first-order valence-electron chi connectivity index (χ1n) is 7.05. The van der Waals surface area contributed by atoms with Crippen molar-refractivity contribution in [1.82, 2.24) is 0 Å². The molecular formula is C17H17ClN2O4. The van der Waals surface area contributed by atoms with Gasteiger partial charge in [-0.15, -0.1) is 0 Å². The molecule has 2 aromatic rings. The first-order chi connectivity index (χ1) is 11.4. The van der Waals surface area contributed by atoms with Crippen molar-refractivity contribution in [1.29, 1.82) is 0 Å². The van der Waals surface area contributed by atoms with Gasteiger partial charge in [-0.25, -0.2) is 0 Å². The van der Waals surface area contributed by atoms with Crippen LogP contribution in [0, 0.1) is 0 Å². The van der Waals surface area contributed by atoms with Crippen molar-refractivity contribution in [3.05, 3.63) is 47.0 Å². The molecule has 2 amide bonds. The monoisotopic (exact) mass is 348 g/mol. The summed E-state index contributed by atoms with van der Waals surface area (Å²) in [5, 5.41) is 5.75. The van der Waals surface area contributed by atoms with Crippen molar-refractivity contribution in [2.75, 3.05) is 24.9 Å². The van der Waals surface area contributed by atoms with E-state index in [-0.39, 0.29) is 11.8 Å². The summed E-state index contributed by atoms with van der Waals surface area (Å²) in [6.07, 6.45) is 0. The van der Waals surface area contributed by atoms with Crippen LogP contribution in [0.1, 0.15) is 17.3 Å². The van der Waals surface area contributed by atoms with Crippen LogP contribution in [-0.2, 0) is 4.79 Å². The number of hydrogen-bond donors (Lipinski definition) is 2. The van der Waals surface area contributed by atoms with Crippen LogP contribution in [0.3, 0.4) is 0 Å². The Morgan fingerprint density at radius 1 is 0.958 bits per heavy atom. The Bertz CT molecular complexity index is 777. The molecule has 0 spiro atoms. The lowest BCUT2D eigenvalue weighted by Gasteiger charge is -2.12. The second-order valence-corrected chi connectivity index (χ2v) is 5.31. The smallest absolute Gasteiger partial charge is 0.255 e. The predicted molar refractivity (Wildman–Crippen MR) is 93.3 cm³/mol. The van der Waals surface area contributed by atoms with Crippen LogP contribution in [-0.4, -0.2) is 26.0 Å². The van der Waals surface area contributed by atoms with Crippen LogP contribution >= 0.6 is 11.6 Å². The molecule has 2 rings (SSSR count). The molecule has 0 atom stereocenters. The van der Waals surface area contributed by atoms with Crippen LogP contribution in [0.2, 0.25) is 5.02 Å². The number of hydrogen-bond acceptors (Lipinski definition) is 4. The van der Waals surface area contributed by atoms with E-state index < -0.39 is 0 Å². The summed E-state index contributed by atoms with van der Waals surface area (Å²) < 4.78 is 10.2. The minimum atomic E-state index is -0.342. The molecule has 0 saturated carbocycles. The van der Waals surface area contributed by atoms with E-state index >= 15 is 0 Å². The minimum absolute atomic E-state index is 0.257. The zero-order valence-corrected chi connectivity index (χ0v) is 14.2. The molecule has 0 aromatic heterocycles. The Morgan fingerprint density at radius 2 is 1.62 bits per heavy atom. The van der Waals surface area contributed by atoms with Crippen LogP contribution in [0.25, 0.3) is 0 Å². The molecule has 0 unspecified atom stereocenters. The molecule has 0 heterocycles. The standard InChI is InChI=1S/C17H17ClN2O4/c1-10(21)19-14-8-11(4-6-16(14)24-3)17(22)20-12-5-7-15(23-2)13(18)9-12/h4-9H,1-3H3,(H,19,21)(H,20,22). The SMILES string of the molecule is COc1ccc(NC(=O)c2ccc(OC)c(NC(C)=O)c2)cc1Cl. The van der Waals surface area contributed by atoms with Gasteiger partial charge in [0.05, 0.1) is 24.9 Å². The lowest BCUT2D eigenvalue weighted by atomic mass is 10.1. The van der Waals surface area contributed by atoms with Crippen LogP contribution in [0.15, 0.2) is 36.4 Å². The maximum Gasteiger partial charge on any atom is 0.255 e. The Labute approximate surface area is 144 Å². The average molecular weight is 349 g/mol. The summed E-state index contributed by atoms with van der Waals surface area (Å²) in [5.41, 5.74) is 1.32. The molecule has 0 radical (unpaired) electrons. The largest absolute Gasteiger partial charge is 0.495 e. The van der Waals surface area contributed by atoms with Gasteiger partial charge in [-0.3, -0.25) is 9.59 Å². The van der Waals surface area contributed by atoms with E-state index in [1.807, 2.05) is 0 Å². The van der Waals surface area contributed by atoms with Gasteiger partial charge < -0.3 is 20.1 Å². The van der Waals surface area contributed by atoms with Crippen LogP contribution in [0.4, 0.5) is 11.4 Å². The topological polar surface area (TPSA) is 76.7 Å². The fourth-order valence-electron chi connectivity index (χ4n) is 2.08. The van der Waals surface area contributed by atoms with Crippen molar-refractivity contribution in [3.8, 4) is 11.5 Å². The molecule has 6 nitrogen and oxygen atoms in total. The number of halogens is 1. The van der Waals surface area contributed by atoms with Crippen LogP contribution in [0.5, 0.6) is 11.5 Å². The highest BCUT2D eigenvalue weighted by Crippen LogP contribution is 2.28. The summed E-state index contributed by atoms with van der Waals surface area (Å²) in [6.45, 7) is 1.38. The first-order valence-corrected chi connectivity index (χ1v) is 7.43.